The lowest BCUT2D eigenvalue weighted by Crippen LogP contribution is -1.95. The minimum Gasteiger partial charge on any atom is -0.306 e. The quantitative estimate of drug-likeness (QED) is 0.810. The van der Waals surface area contributed by atoms with Crippen LogP contribution in [0.1, 0.15) is 24.3 Å². The molecule has 1 aromatic carbocycles. The molecule has 0 bridgehead atoms. The molecular formula is C12H11BrN2. The van der Waals surface area contributed by atoms with Crippen LogP contribution in [-0.4, -0.2) is 9.55 Å². The zero-order valence-electron chi connectivity index (χ0n) is 8.23. The highest BCUT2D eigenvalue weighted by atomic mass is 79.9. The van der Waals surface area contributed by atoms with Gasteiger partial charge in [-0.15, -0.1) is 0 Å². The molecule has 0 aliphatic heterocycles. The summed E-state index contributed by atoms with van der Waals surface area (Å²) in [5.41, 5.74) is 2.69. The van der Waals surface area contributed by atoms with Crippen molar-refractivity contribution in [3.8, 4) is 5.69 Å². The van der Waals surface area contributed by atoms with E-state index in [4.69, 9.17) is 0 Å². The van der Waals surface area contributed by atoms with Crippen LogP contribution in [0.4, 0.5) is 0 Å². The Morgan fingerprint density at radius 1 is 1.33 bits per heavy atom. The first-order valence-corrected chi connectivity index (χ1v) is 5.91. The molecule has 0 unspecified atom stereocenters. The summed E-state index contributed by atoms with van der Waals surface area (Å²) in [4.78, 5) is 4.09. The molecule has 1 aromatic heterocycles. The number of benzene rings is 1. The number of rotatable bonds is 2. The van der Waals surface area contributed by atoms with E-state index < -0.39 is 0 Å². The zero-order valence-corrected chi connectivity index (χ0v) is 9.81. The van der Waals surface area contributed by atoms with E-state index in [1.807, 2.05) is 18.7 Å². The van der Waals surface area contributed by atoms with Crippen molar-refractivity contribution < 1.29 is 0 Å². The summed E-state index contributed by atoms with van der Waals surface area (Å²) in [7, 11) is 0. The normalized spacial score (nSPS) is 15.5. The summed E-state index contributed by atoms with van der Waals surface area (Å²) in [5.74, 6) is 0.750. The lowest BCUT2D eigenvalue weighted by atomic mass is 10.1. The highest BCUT2D eigenvalue weighted by Crippen LogP contribution is 2.43. The second-order valence-corrected chi connectivity index (χ2v) is 4.86. The maximum absolute atomic E-state index is 4.09. The Kier molecular flexibility index (Phi) is 2.13. The first-order valence-electron chi connectivity index (χ1n) is 5.12. The summed E-state index contributed by atoms with van der Waals surface area (Å²) in [6, 6.07) is 6.47. The summed E-state index contributed by atoms with van der Waals surface area (Å²) >= 11 is 3.53. The number of aromatic nitrogens is 2. The van der Waals surface area contributed by atoms with E-state index in [-0.39, 0.29) is 0 Å². The predicted octanol–water partition coefficient (Wildman–Crippen LogP) is 3.51. The molecule has 0 atom stereocenters. The van der Waals surface area contributed by atoms with E-state index in [9.17, 15) is 0 Å². The molecule has 1 saturated carbocycles. The molecule has 3 rings (SSSR count). The summed E-state index contributed by atoms with van der Waals surface area (Å²) in [6.07, 6.45) is 8.30. The minimum atomic E-state index is 0.750. The maximum Gasteiger partial charge on any atom is 0.0991 e. The zero-order chi connectivity index (χ0) is 10.3. The van der Waals surface area contributed by atoms with Crippen LogP contribution in [0, 0.1) is 0 Å². The van der Waals surface area contributed by atoms with E-state index in [2.05, 4.69) is 43.7 Å². The second-order valence-electron chi connectivity index (χ2n) is 3.95. The molecule has 0 N–H and O–H groups in total. The van der Waals surface area contributed by atoms with Gasteiger partial charge in [-0.05, 0) is 42.5 Å². The Labute approximate surface area is 97.1 Å². The van der Waals surface area contributed by atoms with Gasteiger partial charge in [0.05, 0.1) is 12.0 Å². The van der Waals surface area contributed by atoms with Gasteiger partial charge in [-0.3, -0.25) is 0 Å². The summed E-state index contributed by atoms with van der Waals surface area (Å²) in [5, 5.41) is 0. The first-order chi connectivity index (χ1) is 7.34. The van der Waals surface area contributed by atoms with Crippen LogP contribution in [0.2, 0.25) is 0 Å². The molecule has 1 fully saturated rings. The Hall–Kier alpha value is -1.09. The van der Waals surface area contributed by atoms with Gasteiger partial charge in [-0.2, -0.15) is 0 Å². The average molecular weight is 263 g/mol. The molecular weight excluding hydrogens is 252 g/mol. The lowest BCUT2D eigenvalue weighted by Gasteiger charge is -2.09. The van der Waals surface area contributed by atoms with Crippen LogP contribution in [-0.2, 0) is 0 Å². The maximum atomic E-state index is 4.09. The monoisotopic (exact) mass is 262 g/mol. The summed E-state index contributed by atoms with van der Waals surface area (Å²) < 4.78 is 3.24. The molecule has 0 amide bonds. The third-order valence-corrected chi connectivity index (χ3v) is 3.28. The van der Waals surface area contributed by atoms with E-state index in [0.29, 0.717) is 0 Å². The molecule has 3 heteroatoms. The molecule has 15 heavy (non-hydrogen) atoms. The molecule has 76 valence electrons. The predicted molar refractivity (Wildman–Crippen MR) is 63.2 cm³/mol. The van der Waals surface area contributed by atoms with Crippen molar-refractivity contribution in [3.63, 3.8) is 0 Å². The fourth-order valence-electron chi connectivity index (χ4n) is 1.88. The van der Waals surface area contributed by atoms with Crippen molar-refractivity contribution in [2.24, 2.45) is 0 Å². The van der Waals surface area contributed by atoms with Gasteiger partial charge < -0.3 is 4.57 Å². The average Bonchev–Trinajstić information content (AvgIpc) is 2.95. The molecule has 0 spiro atoms. The van der Waals surface area contributed by atoms with Gasteiger partial charge in [0.2, 0.25) is 0 Å². The van der Waals surface area contributed by atoms with Crippen molar-refractivity contribution in [1.29, 1.82) is 0 Å². The topological polar surface area (TPSA) is 17.8 Å². The van der Waals surface area contributed by atoms with Crippen molar-refractivity contribution in [1.82, 2.24) is 9.55 Å². The lowest BCUT2D eigenvalue weighted by molar-refractivity contribution is 0.996. The van der Waals surface area contributed by atoms with E-state index in [1.54, 1.807) is 0 Å². The highest BCUT2D eigenvalue weighted by Gasteiger charge is 2.26. The number of imidazole rings is 1. The van der Waals surface area contributed by atoms with Crippen LogP contribution < -0.4 is 0 Å². The number of nitrogens with zero attached hydrogens (tertiary/aromatic N) is 2. The third kappa shape index (κ3) is 1.72. The van der Waals surface area contributed by atoms with Gasteiger partial charge in [-0.1, -0.05) is 15.9 Å². The fourth-order valence-corrected chi connectivity index (χ4v) is 2.26. The molecule has 1 aliphatic carbocycles. The Balaban J connectivity index is 2.13. The van der Waals surface area contributed by atoms with Crippen molar-refractivity contribution in [3.05, 3.63) is 47.0 Å². The van der Waals surface area contributed by atoms with Crippen LogP contribution in [0.3, 0.4) is 0 Å². The van der Waals surface area contributed by atoms with Gasteiger partial charge in [0, 0.05) is 16.9 Å². The molecule has 2 aromatic rings. The van der Waals surface area contributed by atoms with Gasteiger partial charge in [0.25, 0.3) is 0 Å². The van der Waals surface area contributed by atoms with Gasteiger partial charge in [-0.25, -0.2) is 4.98 Å². The Morgan fingerprint density at radius 3 is 2.87 bits per heavy atom. The second kappa shape index (κ2) is 3.49. The number of hydrogen-bond acceptors (Lipinski definition) is 1. The van der Waals surface area contributed by atoms with Gasteiger partial charge in [0.15, 0.2) is 0 Å². The van der Waals surface area contributed by atoms with Crippen LogP contribution in [0.25, 0.3) is 5.69 Å². The Morgan fingerprint density at radius 2 is 2.20 bits per heavy atom. The van der Waals surface area contributed by atoms with E-state index in [0.717, 1.165) is 10.4 Å². The number of halogens is 1. The highest BCUT2D eigenvalue weighted by molar-refractivity contribution is 9.10. The van der Waals surface area contributed by atoms with E-state index >= 15 is 0 Å². The van der Waals surface area contributed by atoms with Gasteiger partial charge >= 0.3 is 0 Å². The van der Waals surface area contributed by atoms with Gasteiger partial charge in [0.1, 0.15) is 0 Å². The first kappa shape index (κ1) is 9.16. The fraction of sp³-hybridized carbons (Fsp3) is 0.250. The van der Waals surface area contributed by atoms with Crippen molar-refractivity contribution in [2.75, 3.05) is 0 Å². The van der Waals surface area contributed by atoms with Crippen LogP contribution in [0.5, 0.6) is 0 Å². The summed E-state index contributed by atoms with van der Waals surface area (Å²) in [6.45, 7) is 0. The van der Waals surface area contributed by atoms with Crippen LogP contribution in [0.15, 0.2) is 41.4 Å². The minimum absolute atomic E-state index is 0.750. The van der Waals surface area contributed by atoms with E-state index in [1.165, 1.54) is 24.1 Å². The number of hydrogen-bond donors (Lipinski definition) is 0. The molecule has 2 nitrogen and oxygen atoms in total. The standard InChI is InChI=1S/C12H11BrN2/c13-10-3-4-12(15-6-5-14-8-15)11(7-10)9-1-2-9/h3-9H,1-2H2. The third-order valence-electron chi connectivity index (χ3n) is 2.79. The molecule has 1 aliphatic rings. The van der Waals surface area contributed by atoms with Crippen molar-refractivity contribution >= 4 is 15.9 Å². The smallest absolute Gasteiger partial charge is 0.0991 e. The van der Waals surface area contributed by atoms with Crippen LogP contribution >= 0.6 is 15.9 Å². The van der Waals surface area contributed by atoms with Crippen molar-refractivity contribution in [2.45, 2.75) is 18.8 Å². The molecule has 1 heterocycles. The molecule has 0 radical (unpaired) electrons. The Bertz CT molecular complexity index is 472. The largest absolute Gasteiger partial charge is 0.306 e. The SMILES string of the molecule is Brc1ccc(-n2ccnc2)c(C2CC2)c1. The molecule has 0 saturated heterocycles.